The highest BCUT2D eigenvalue weighted by Gasteiger charge is 2.19. The third-order valence-electron chi connectivity index (χ3n) is 4.44. The zero-order valence-corrected chi connectivity index (χ0v) is 17.4. The van der Waals surface area contributed by atoms with E-state index in [2.05, 4.69) is 17.1 Å². The first-order valence-electron chi connectivity index (χ1n) is 9.70. The van der Waals surface area contributed by atoms with Crippen LogP contribution in [0.25, 0.3) is 0 Å². The molecule has 0 saturated carbocycles. The third kappa shape index (κ3) is 5.35. The molecule has 1 heterocycles. The van der Waals surface area contributed by atoms with E-state index >= 15 is 0 Å². The molecule has 3 rings (SSSR count). The van der Waals surface area contributed by atoms with Crippen molar-refractivity contribution in [1.82, 2.24) is 4.98 Å². The van der Waals surface area contributed by atoms with Crippen molar-refractivity contribution >= 4 is 17.4 Å². The first-order valence-corrected chi connectivity index (χ1v) is 9.70. The Kier molecular flexibility index (Phi) is 6.50. The molecule has 0 aliphatic carbocycles. The Balaban J connectivity index is 1.86. The van der Waals surface area contributed by atoms with Crippen molar-refractivity contribution in [3.63, 3.8) is 0 Å². The Bertz CT molecular complexity index is 921. The topological polar surface area (TPSA) is 45.7 Å². The standard InChI is InChI=1S/C24H27N3O2/c1-18(2)29-22-14-10-20(11-15-22)24(28)27(23-7-5-6-16-25-23)17-19-8-12-21(13-9-19)26(3)4/h5-16,18H,17H2,1-4H3. The number of aromatic nitrogens is 1. The number of hydrogen-bond donors (Lipinski definition) is 0. The van der Waals surface area contributed by atoms with Crippen molar-refractivity contribution < 1.29 is 9.53 Å². The minimum absolute atomic E-state index is 0.0895. The zero-order chi connectivity index (χ0) is 20.8. The molecule has 1 amide bonds. The van der Waals surface area contributed by atoms with E-state index in [9.17, 15) is 4.79 Å². The van der Waals surface area contributed by atoms with E-state index in [0.717, 1.165) is 17.0 Å². The van der Waals surface area contributed by atoms with Gasteiger partial charge in [0.25, 0.3) is 5.91 Å². The van der Waals surface area contributed by atoms with Crippen molar-refractivity contribution in [3.8, 4) is 5.75 Å². The van der Waals surface area contributed by atoms with Gasteiger partial charge in [-0.15, -0.1) is 0 Å². The first kappa shape index (κ1) is 20.4. The van der Waals surface area contributed by atoms with Gasteiger partial charge in [0.2, 0.25) is 0 Å². The summed E-state index contributed by atoms with van der Waals surface area (Å²) in [6.45, 7) is 4.39. The smallest absolute Gasteiger partial charge is 0.259 e. The summed E-state index contributed by atoms with van der Waals surface area (Å²) in [7, 11) is 4.01. The molecule has 0 bridgehead atoms. The van der Waals surface area contributed by atoms with Gasteiger partial charge in [-0.2, -0.15) is 0 Å². The fourth-order valence-electron chi connectivity index (χ4n) is 2.96. The molecular weight excluding hydrogens is 362 g/mol. The average Bonchev–Trinajstić information content (AvgIpc) is 2.72. The summed E-state index contributed by atoms with van der Waals surface area (Å²) in [5, 5.41) is 0. The minimum atomic E-state index is -0.100. The number of ether oxygens (including phenoxy) is 1. The van der Waals surface area contributed by atoms with Crippen LogP contribution < -0.4 is 14.5 Å². The van der Waals surface area contributed by atoms with Gasteiger partial charge in [0, 0.05) is 31.5 Å². The maximum Gasteiger partial charge on any atom is 0.259 e. The van der Waals surface area contributed by atoms with Crippen LogP contribution in [-0.2, 0) is 6.54 Å². The van der Waals surface area contributed by atoms with E-state index in [4.69, 9.17) is 4.74 Å². The van der Waals surface area contributed by atoms with Gasteiger partial charge in [0.1, 0.15) is 11.6 Å². The number of hydrogen-bond acceptors (Lipinski definition) is 4. The lowest BCUT2D eigenvalue weighted by Gasteiger charge is -2.23. The quantitative estimate of drug-likeness (QED) is 0.583. The van der Waals surface area contributed by atoms with Gasteiger partial charge < -0.3 is 9.64 Å². The van der Waals surface area contributed by atoms with Gasteiger partial charge in [0.05, 0.1) is 12.6 Å². The molecule has 1 aromatic heterocycles. The highest BCUT2D eigenvalue weighted by atomic mass is 16.5. The van der Waals surface area contributed by atoms with E-state index in [0.29, 0.717) is 17.9 Å². The van der Waals surface area contributed by atoms with E-state index in [1.807, 2.05) is 75.3 Å². The summed E-state index contributed by atoms with van der Waals surface area (Å²) in [6.07, 6.45) is 1.79. The Morgan fingerprint density at radius 2 is 1.66 bits per heavy atom. The van der Waals surface area contributed by atoms with Crippen LogP contribution in [0, 0.1) is 0 Å². The van der Waals surface area contributed by atoms with Crippen LogP contribution in [-0.4, -0.2) is 31.1 Å². The summed E-state index contributed by atoms with van der Waals surface area (Å²) in [6, 6.07) is 21.0. The van der Waals surface area contributed by atoms with Crippen molar-refractivity contribution in [2.45, 2.75) is 26.5 Å². The van der Waals surface area contributed by atoms with Crippen LogP contribution >= 0.6 is 0 Å². The Morgan fingerprint density at radius 3 is 2.21 bits per heavy atom. The molecule has 2 aromatic carbocycles. The summed E-state index contributed by atoms with van der Waals surface area (Å²) >= 11 is 0. The molecule has 5 heteroatoms. The number of carbonyl (C=O) groups excluding carboxylic acids is 1. The average molecular weight is 389 g/mol. The molecular formula is C24H27N3O2. The molecule has 0 fully saturated rings. The van der Waals surface area contributed by atoms with E-state index in [-0.39, 0.29) is 12.0 Å². The van der Waals surface area contributed by atoms with E-state index < -0.39 is 0 Å². The highest BCUT2D eigenvalue weighted by Crippen LogP contribution is 2.21. The monoisotopic (exact) mass is 389 g/mol. The second-order valence-electron chi connectivity index (χ2n) is 7.33. The van der Waals surface area contributed by atoms with Crippen molar-refractivity contribution in [2.75, 3.05) is 23.9 Å². The number of carbonyl (C=O) groups is 1. The number of amides is 1. The SMILES string of the molecule is CC(C)Oc1ccc(C(=O)N(Cc2ccc(N(C)C)cc2)c2ccccn2)cc1. The maximum atomic E-state index is 13.3. The summed E-state index contributed by atoms with van der Waals surface area (Å²) < 4.78 is 5.68. The van der Waals surface area contributed by atoms with Crippen LogP contribution in [0.4, 0.5) is 11.5 Å². The molecule has 3 aromatic rings. The van der Waals surface area contributed by atoms with Crippen molar-refractivity contribution in [1.29, 1.82) is 0 Å². The van der Waals surface area contributed by atoms with Crippen LogP contribution in [0.3, 0.4) is 0 Å². The highest BCUT2D eigenvalue weighted by molar-refractivity contribution is 6.05. The number of benzene rings is 2. The summed E-state index contributed by atoms with van der Waals surface area (Å²) in [5.74, 6) is 1.27. The van der Waals surface area contributed by atoms with Gasteiger partial charge in [-0.25, -0.2) is 4.98 Å². The molecule has 150 valence electrons. The molecule has 0 aliphatic heterocycles. The minimum Gasteiger partial charge on any atom is -0.491 e. The lowest BCUT2D eigenvalue weighted by molar-refractivity contribution is 0.0984. The molecule has 0 atom stereocenters. The van der Waals surface area contributed by atoms with E-state index in [1.54, 1.807) is 23.2 Å². The molecule has 0 radical (unpaired) electrons. The zero-order valence-electron chi connectivity index (χ0n) is 17.4. The lowest BCUT2D eigenvalue weighted by atomic mass is 10.1. The number of pyridine rings is 1. The van der Waals surface area contributed by atoms with E-state index in [1.165, 1.54) is 0 Å². The second-order valence-corrected chi connectivity index (χ2v) is 7.33. The normalized spacial score (nSPS) is 10.7. The van der Waals surface area contributed by atoms with Gasteiger partial charge in [0.15, 0.2) is 0 Å². The van der Waals surface area contributed by atoms with Gasteiger partial charge in [-0.05, 0) is 67.9 Å². The Labute approximate surface area is 172 Å². The summed E-state index contributed by atoms with van der Waals surface area (Å²) in [5.41, 5.74) is 2.75. The maximum absolute atomic E-state index is 13.3. The lowest BCUT2D eigenvalue weighted by Crippen LogP contribution is -2.31. The predicted octanol–water partition coefficient (Wildman–Crippen LogP) is 4.78. The fraction of sp³-hybridized carbons (Fsp3) is 0.250. The van der Waals surface area contributed by atoms with Gasteiger partial charge in [-0.1, -0.05) is 18.2 Å². The Morgan fingerprint density at radius 1 is 0.966 bits per heavy atom. The van der Waals surface area contributed by atoms with Gasteiger partial charge >= 0.3 is 0 Å². The van der Waals surface area contributed by atoms with Crippen molar-refractivity contribution in [3.05, 3.63) is 84.1 Å². The summed E-state index contributed by atoms with van der Waals surface area (Å²) in [4.78, 5) is 21.4. The predicted molar refractivity (Wildman–Crippen MR) is 118 cm³/mol. The molecule has 0 saturated heterocycles. The molecule has 0 unspecified atom stereocenters. The molecule has 29 heavy (non-hydrogen) atoms. The van der Waals surface area contributed by atoms with Crippen LogP contribution in [0.15, 0.2) is 72.9 Å². The molecule has 0 N–H and O–H groups in total. The number of anilines is 2. The molecule has 0 spiro atoms. The fourth-order valence-corrected chi connectivity index (χ4v) is 2.96. The second kappa shape index (κ2) is 9.24. The van der Waals surface area contributed by atoms with Crippen LogP contribution in [0.1, 0.15) is 29.8 Å². The first-order chi connectivity index (χ1) is 13.9. The molecule has 5 nitrogen and oxygen atoms in total. The van der Waals surface area contributed by atoms with Crippen molar-refractivity contribution in [2.24, 2.45) is 0 Å². The number of nitrogens with zero attached hydrogens (tertiary/aromatic N) is 3. The largest absolute Gasteiger partial charge is 0.491 e. The third-order valence-corrected chi connectivity index (χ3v) is 4.44. The van der Waals surface area contributed by atoms with Gasteiger partial charge in [-0.3, -0.25) is 9.69 Å². The number of rotatable bonds is 7. The van der Waals surface area contributed by atoms with Crippen LogP contribution in [0.5, 0.6) is 5.75 Å². The Hall–Kier alpha value is -3.34. The molecule has 0 aliphatic rings. The van der Waals surface area contributed by atoms with Crippen LogP contribution in [0.2, 0.25) is 0 Å².